The Hall–Kier alpha value is -4.98. The van der Waals surface area contributed by atoms with Crippen molar-refractivity contribution in [3.63, 3.8) is 0 Å². The summed E-state index contributed by atoms with van der Waals surface area (Å²) in [4.78, 5) is 118. The third-order valence-corrected chi connectivity index (χ3v) is 12.0. The fraction of sp³-hybridized carbons (Fsp3) is 0.800. The first-order chi connectivity index (χ1) is 36.0. The summed E-state index contributed by atoms with van der Waals surface area (Å²) in [5.41, 5.74) is 0. The molecule has 0 spiro atoms. The maximum absolute atomic E-state index is 12.5. The predicted octanol–water partition coefficient (Wildman–Crippen LogP) is 3.34. The molecule has 0 fully saturated rings. The SMILES string of the molecule is O=C(O)CCCCCCCCCCCCCCCCCCC(=O)N[C@@H](CCC(=O)N[C@@H](CCC(=O)NCCOCCOCC(=O)NCCOCCOCC(=O)N[C@@H](CCCCNC(=O)CBr)C(=O)O)C(=O)O)C(=O)O. The summed E-state index contributed by atoms with van der Waals surface area (Å²) in [6, 6.07) is -3.81. The molecule has 0 aromatic rings. The lowest BCUT2D eigenvalue weighted by molar-refractivity contribution is -0.143. The van der Waals surface area contributed by atoms with Crippen LogP contribution in [0, 0.1) is 0 Å². The van der Waals surface area contributed by atoms with Gasteiger partial charge in [-0.05, 0) is 44.9 Å². The van der Waals surface area contributed by atoms with Crippen LogP contribution in [0.1, 0.15) is 161 Å². The maximum atomic E-state index is 12.5. The number of halogens is 1. The molecular weight excluding hydrogens is 1050 g/mol. The van der Waals surface area contributed by atoms with Crippen molar-refractivity contribution in [1.82, 2.24) is 31.9 Å². The largest absolute Gasteiger partial charge is 0.481 e. The van der Waals surface area contributed by atoms with Crippen LogP contribution in [0.15, 0.2) is 0 Å². The van der Waals surface area contributed by atoms with E-state index in [1.165, 1.54) is 51.4 Å². The highest BCUT2D eigenvalue weighted by Gasteiger charge is 2.25. The molecule has 0 saturated heterocycles. The van der Waals surface area contributed by atoms with Gasteiger partial charge in [0.25, 0.3) is 0 Å². The number of aliphatic carboxylic acids is 4. The zero-order valence-corrected chi connectivity index (χ0v) is 45.4. The highest BCUT2D eigenvalue weighted by atomic mass is 79.9. The summed E-state index contributed by atoms with van der Waals surface area (Å²) in [6.07, 6.45) is 17.8. The number of rotatable bonds is 53. The smallest absolute Gasteiger partial charge is 0.326 e. The number of carboxylic acid groups (broad SMARTS) is 4. The standard InChI is InChI=1S/C50H87BrN6O18/c51-35-44(61)52-26-18-17-19-38(48(66)67)57-46(63)37-75-34-32-73-30-28-54-45(62)36-74-33-31-72-29-27-53-41(58)24-22-39(49(68)69)56-43(60)25-23-40(50(70)71)55-42(59)20-15-13-11-9-7-5-3-1-2-4-6-8-10-12-14-16-21-47(64)65/h38-40H,1-37H2,(H,52,61)(H,53,58)(H,54,62)(H,55,59)(H,56,60)(H,57,63)(H,64,65)(H,66,67)(H,68,69)(H,70,71)/t38-,39-,40-/m0/s1. The summed E-state index contributed by atoms with van der Waals surface area (Å²) < 4.78 is 21.2. The first-order valence-electron chi connectivity index (χ1n) is 26.5. The zero-order valence-electron chi connectivity index (χ0n) is 43.8. The number of carbonyl (C=O) groups is 10. The van der Waals surface area contributed by atoms with Gasteiger partial charge in [0.2, 0.25) is 35.4 Å². The van der Waals surface area contributed by atoms with E-state index in [1.807, 2.05) is 0 Å². The molecule has 0 heterocycles. The molecule has 75 heavy (non-hydrogen) atoms. The van der Waals surface area contributed by atoms with Gasteiger partial charge in [-0.2, -0.15) is 0 Å². The molecular formula is C50H87BrN6O18. The van der Waals surface area contributed by atoms with Crippen molar-refractivity contribution in [2.75, 3.05) is 77.8 Å². The van der Waals surface area contributed by atoms with Crippen molar-refractivity contribution in [3.05, 3.63) is 0 Å². The van der Waals surface area contributed by atoms with E-state index in [4.69, 9.17) is 24.1 Å². The molecule has 10 N–H and O–H groups in total. The van der Waals surface area contributed by atoms with Gasteiger partial charge in [0, 0.05) is 45.3 Å². The predicted molar refractivity (Wildman–Crippen MR) is 278 cm³/mol. The Kier molecular flexibility index (Phi) is 45.4. The Morgan fingerprint density at radius 2 is 0.693 bits per heavy atom. The van der Waals surface area contributed by atoms with E-state index in [-0.39, 0.29) is 122 Å². The van der Waals surface area contributed by atoms with Crippen molar-refractivity contribution in [3.8, 4) is 0 Å². The number of unbranched alkanes of at least 4 members (excludes halogenated alkanes) is 16. The number of amides is 6. The molecule has 25 heteroatoms. The Balaban J connectivity index is 3.96. The van der Waals surface area contributed by atoms with Gasteiger partial charge < -0.3 is 71.3 Å². The van der Waals surface area contributed by atoms with E-state index >= 15 is 0 Å². The van der Waals surface area contributed by atoms with Crippen LogP contribution in [0.5, 0.6) is 0 Å². The van der Waals surface area contributed by atoms with E-state index in [0.29, 0.717) is 25.8 Å². The van der Waals surface area contributed by atoms with Crippen molar-refractivity contribution in [2.24, 2.45) is 0 Å². The minimum Gasteiger partial charge on any atom is -0.481 e. The molecule has 0 aliphatic heterocycles. The third-order valence-electron chi connectivity index (χ3n) is 11.5. The summed E-state index contributed by atoms with van der Waals surface area (Å²) in [6.45, 7) is 0.715. The molecule has 0 aromatic heterocycles. The van der Waals surface area contributed by atoms with Gasteiger partial charge in [-0.25, -0.2) is 14.4 Å². The number of carbonyl (C=O) groups excluding carboxylic acids is 6. The fourth-order valence-corrected chi connectivity index (χ4v) is 7.51. The molecule has 0 aliphatic rings. The molecule has 3 atom stereocenters. The first-order valence-corrected chi connectivity index (χ1v) is 27.6. The lowest BCUT2D eigenvalue weighted by atomic mass is 10.0. The quantitative estimate of drug-likeness (QED) is 0.0308. The van der Waals surface area contributed by atoms with Crippen LogP contribution in [0.2, 0.25) is 0 Å². The van der Waals surface area contributed by atoms with Gasteiger partial charge in [0.05, 0.1) is 45.0 Å². The van der Waals surface area contributed by atoms with E-state index < -0.39 is 71.5 Å². The Morgan fingerprint density at radius 1 is 0.333 bits per heavy atom. The van der Waals surface area contributed by atoms with Crippen LogP contribution < -0.4 is 31.9 Å². The van der Waals surface area contributed by atoms with Crippen LogP contribution in [0.3, 0.4) is 0 Å². The minimum atomic E-state index is -1.40. The van der Waals surface area contributed by atoms with Gasteiger partial charge in [0.1, 0.15) is 31.3 Å². The van der Waals surface area contributed by atoms with Crippen molar-refractivity contribution >= 4 is 75.3 Å². The lowest BCUT2D eigenvalue weighted by Gasteiger charge is -2.17. The van der Waals surface area contributed by atoms with Crippen LogP contribution in [0.4, 0.5) is 0 Å². The molecule has 0 aliphatic carbocycles. The molecule has 24 nitrogen and oxygen atoms in total. The van der Waals surface area contributed by atoms with Crippen molar-refractivity contribution in [2.45, 2.75) is 179 Å². The average molecular weight is 1140 g/mol. The number of hydrogen-bond donors (Lipinski definition) is 10. The van der Waals surface area contributed by atoms with Gasteiger partial charge in [-0.3, -0.25) is 33.6 Å². The van der Waals surface area contributed by atoms with Crippen LogP contribution in [-0.4, -0.2) is 176 Å². The molecule has 0 aromatic carbocycles. The second kappa shape index (κ2) is 48.6. The molecule has 0 radical (unpaired) electrons. The van der Waals surface area contributed by atoms with Gasteiger partial charge >= 0.3 is 23.9 Å². The second-order valence-corrected chi connectivity index (χ2v) is 18.6. The van der Waals surface area contributed by atoms with E-state index in [1.54, 1.807) is 0 Å². The Morgan fingerprint density at radius 3 is 1.15 bits per heavy atom. The first kappa shape index (κ1) is 70.0. The Bertz CT molecular complexity index is 1650. The molecule has 0 saturated carbocycles. The average Bonchev–Trinajstić information content (AvgIpc) is 3.36. The topological polar surface area (TPSA) is 361 Å². The summed E-state index contributed by atoms with van der Waals surface area (Å²) >= 11 is 3.03. The van der Waals surface area contributed by atoms with Crippen LogP contribution in [0.25, 0.3) is 0 Å². The number of nitrogens with one attached hydrogen (secondary N) is 6. The number of hydrogen-bond acceptors (Lipinski definition) is 14. The molecule has 432 valence electrons. The monoisotopic (exact) mass is 1140 g/mol. The van der Waals surface area contributed by atoms with Gasteiger partial charge in [0.15, 0.2) is 0 Å². The molecule has 0 unspecified atom stereocenters. The number of alkyl halides is 1. The van der Waals surface area contributed by atoms with E-state index in [9.17, 15) is 63.3 Å². The van der Waals surface area contributed by atoms with E-state index in [0.717, 1.165) is 44.9 Å². The van der Waals surface area contributed by atoms with Crippen LogP contribution >= 0.6 is 15.9 Å². The summed E-state index contributed by atoms with van der Waals surface area (Å²) in [5.74, 6) is -7.41. The second-order valence-electron chi connectivity index (χ2n) is 18.0. The summed E-state index contributed by atoms with van der Waals surface area (Å²) in [7, 11) is 0. The Labute approximate surface area is 449 Å². The van der Waals surface area contributed by atoms with Crippen molar-refractivity contribution in [1.29, 1.82) is 0 Å². The normalized spacial score (nSPS) is 12.2. The third kappa shape index (κ3) is 46.1. The molecule has 0 bridgehead atoms. The minimum absolute atomic E-state index is 0.0583. The zero-order chi connectivity index (χ0) is 55.7. The van der Waals surface area contributed by atoms with Crippen LogP contribution in [-0.2, 0) is 66.9 Å². The number of carboxylic acids is 4. The van der Waals surface area contributed by atoms with E-state index in [2.05, 4.69) is 47.8 Å². The van der Waals surface area contributed by atoms with Crippen molar-refractivity contribution < 1.29 is 87.3 Å². The highest BCUT2D eigenvalue weighted by Crippen LogP contribution is 2.15. The summed E-state index contributed by atoms with van der Waals surface area (Å²) in [5, 5.41) is 52.4. The van der Waals surface area contributed by atoms with Gasteiger partial charge in [-0.1, -0.05) is 106 Å². The fourth-order valence-electron chi connectivity index (χ4n) is 7.31. The molecule has 6 amide bonds. The maximum Gasteiger partial charge on any atom is 0.326 e. The van der Waals surface area contributed by atoms with Gasteiger partial charge in [-0.15, -0.1) is 0 Å². The number of ether oxygens (including phenoxy) is 4. The molecule has 0 rings (SSSR count). The lowest BCUT2D eigenvalue weighted by Crippen LogP contribution is -2.44. The highest BCUT2D eigenvalue weighted by molar-refractivity contribution is 9.09.